The topological polar surface area (TPSA) is 25.8 Å². The molecule has 3 aromatic heterocycles. The molecule has 0 N–H and O–H groups in total. The van der Waals surface area contributed by atoms with Gasteiger partial charge in [-0.25, -0.2) is 9.97 Å². The first-order valence-electron chi connectivity index (χ1n) is 20.1. The van der Waals surface area contributed by atoms with E-state index < -0.39 is 0 Å². The second-order valence-corrected chi connectivity index (χ2v) is 18.1. The minimum absolute atomic E-state index is 0.0218. The van der Waals surface area contributed by atoms with Crippen molar-refractivity contribution in [1.29, 1.82) is 0 Å². The zero-order chi connectivity index (χ0) is 37.5. The van der Waals surface area contributed by atoms with Gasteiger partial charge in [-0.2, -0.15) is 0 Å². The molecule has 0 saturated heterocycles. The van der Waals surface area contributed by atoms with E-state index in [4.69, 9.17) is 9.97 Å². The highest BCUT2D eigenvalue weighted by atomic mass is 32.1. The minimum atomic E-state index is -0.0218. The van der Waals surface area contributed by atoms with Gasteiger partial charge in [0.25, 0.3) is 0 Å². The number of rotatable bonds is 6. The van der Waals surface area contributed by atoms with E-state index in [1.165, 1.54) is 68.6 Å². The van der Waals surface area contributed by atoms with E-state index in [2.05, 4.69) is 170 Å². The summed E-state index contributed by atoms with van der Waals surface area (Å²) in [5.41, 5.74) is 12.6. The fourth-order valence-electron chi connectivity index (χ4n) is 9.83. The summed E-state index contributed by atoms with van der Waals surface area (Å²) in [6.07, 6.45) is 18.5. The Bertz CT molecular complexity index is 3080. The van der Waals surface area contributed by atoms with Gasteiger partial charge in [0.2, 0.25) is 0 Å². The molecular weight excluding hydrogens is 729 g/mol. The van der Waals surface area contributed by atoms with Crippen molar-refractivity contribution in [2.75, 3.05) is 0 Å². The highest BCUT2D eigenvalue weighted by Crippen LogP contribution is 2.71. The highest BCUT2D eigenvalue weighted by molar-refractivity contribution is 7.25. The van der Waals surface area contributed by atoms with Gasteiger partial charge in [-0.3, -0.25) is 0 Å². The molecule has 0 radical (unpaired) electrons. The molecule has 1 fully saturated rings. The van der Waals surface area contributed by atoms with Crippen molar-refractivity contribution < 1.29 is 0 Å². The van der Waals surface area contributed by atoms with Gasteiger partial charge in [0.15, 0.2) is 5.82 Å². The Morgan fingerprint density at radius 2 is 1.35 bits per heavy atom. The Morgan fingerprint density at radius 3 is 2.16 bits per heavy atom. The summed E-state index contributed by atoms with van der Waals surface area (Å²) in [5.74, 6) is 1.48. The van der Waals surface area contributed by atoms with E-state index in [0.717, 1.165) is 48.5 Å². The predicted octanol–water partition coefficient (Wildman–Crippen LogP) is 14.7. The molecule has 0 bridgehead atoms. The van der Waals surface area contributed by atoms with Crippen LogP contribution < -0.4 is 0 Å². The van der Waals surface area contributed by atoms with Crippen molar-refractivity contribution in [1.82, 2.24) is 9.97 Å². The van der Waals surface area contributed by atoms with E-state index in [0.29, 0.717) is 5.92 Å². The maximum Gasteiger partial charge on any atom is 0.160 e. The van der Waals surface area contributed by atoms with Gasteiger partial charge < -0.3 is 0 Å². The van der Waals surface area contributed by atoms with Gasteiger partial charge in [0.1, 0.15) is 0 Å². The molecule has 0 spiro atoms. The normalized spacial score (nSPS) is 21.1. The summed E-state index contributed by atoms with van der Waals surface area (Å²) in [6, 6.07) is 48.5. The molecule has 0 aliphatic heterocycles. The zero-order valence-corrected chi connectivity index (χ0v) is 33.0. The standard InChI is InChI=1S/C53H38N2S2/c1-3-11-33(12-4-1)34-19-21-36(22-20-34)46-31-45(35-13-5-2-6-14-35)54-52(55-46)42-30-37(38-24-26-49-41(29-38)39-15-7-9-17-47(39)56-49)23-25-43(42)53-28-27-50-51(44(53)32-53)40-16-8-10-18-48(40)57-50/h1-21,24,26-31,36,44H,22-23,25,32H2. The Kier molecular flexibility index (Phi) is 7.61. The number of hydrogen-bond acceptors (Lipinski definition) is 4. The lowest BCUT2D eigenvalue weighted by Crippen LogP contribution is -2.15. The van der Waals surface area contributed by atoms with E-state index in [1.54, 1.807) is 5.56 Å². The molecule has 5 aromatic carbocycles. The average Bonchev–Trinajstić information content (AvgIpc) is 3.74. The highest BCUT2D eigenvalue weighted by Gasteiger charge is 2.59. The van der Waals surface area contributed by atoms with Crippen LogP contribution in [0.1, 0.15) is 70.6 Å². The second kappa shape index (κ2) is 13.1. The van der Waals surface area contributed by atoms with Crippen LogP contribution in [0, 0.1) is 5.41 Å². The van der Waals surface area contributed by atoms with Crippen molar-refractivity contribution in [3.05, 3.63) is 202 Å². The maximum absolute atomic E-state index is 5.58. The average molecular weight is 767 g/mol. The quantitative estimate of drug-likeness (QED) is 0.168. The molecular formula is C53H38N2S2. The number of aromatic nitrogens is 2. The van der Waals surface area contributed by atoms with Crippen LogP contribution in [0.3, 0.4) is 0 Å². The molecule has 0 amide bonds. The summed E-state index contributed by atoms with van der Waals surface area (Å²) in [6.45, 7) is 0. The number of benzene rings is 5. The van der Waals surface area contributed by atoms with E-state index in [9.17, 15) is 0 Å². The summed E-state index contributed by atoms with van der Waals surface area (Å²) < 4.78 is 4.07. The van der Waals surface area contributed by atoms with Crippen LogP contribution in [-0.2, 0) is 0 Å². The van der Waals surface area contributed by atoms with Crippen LogP contribution in [0.25, 0.3) is 64.3 Å². The third-order valence-corrected chi connectivity index (χ3v) is 15.1. The molecule has 4 aliphatic rings. The lowest BCUT2D eigenvalue weighted by Gasteiger charge is -2.28. The molecule has 4 heteroatoms. The van der Waals surface area contributed by atoms with Crippen LogP contribution in [0.5, 0.6) is 0 Å². The molecule has 3 atom stereocenters. The Balaban J connectivity index is 1.03. The van der Waals surface area contributed by atoms with Crippen LogP contribution in [0.2, 0.25) is 0 Å². The zero-order valence-electron chi connectivity index (χ0n) is 31.4. The van der Waals surface area contributed by atoms with E-state index >= 15 is 0 Å². The van der Waals surface area contributed by atoms with Gasteiger partial charge in [0.05, 0.1) is 11.4 Å². The fraction of sp³-hybridized carbons (Fsp3) is 0.132. The molecule has 3 heterocycles. The molecule has 1 saturated carbocycles. The predicted molar refractivity (Wildman–Crippen MR) is 242 cm³/mol. The summed E-state index contributed by atoms with van der Waals surface area (Å²) in [4.78, 5) is 12.5. The molecule has 272 valence electrons. The smallest absolute Gasteiger partial charge is 0.160 e. The third-order valence-electron chi connectivity index (χ3n) is 12.8. The Morgan fingerprint density at radius 1 is 0.614 bits per heavy atom. The molecule has 12 rings (SSSR count). The van der Waals surface area contributed by atoms with Crippen molar-refractivity contribution in [2.45, 2.75) is 37.5 Å². The third kappa shape index (κ3) is 5.49. The van der Waals surface area contributed by atoms with Gasteiger partial charge in [0, 0.05) is 52.2 Å². The lowest BCUT2D eigenvalue weighted by molar-refractivity contribution is 0.693. The van der Waals surface area contributed by atoms with Gasteiger partial charge in [-0.1, -0.05) is 127 Å². The van der Waals surface area contributed by atoms with Crippen molar-refractivity contribution >= 4 is 75.7 Å². The number of thiophene rings is 2. The van der Waals surface area contributed by atoms with Crippen molar-refractivity contribution in [2.24, 2.45) is 5.41 Å². The fourth-order valence-corrected chi connectivity index (χ4v) is 12.1. The molecule has 4 aliphatic carbocycles. The monoisotopic (exact) mass is 766 g/mol. The van der Waals surface area contributed by atoms with Crippen LogP contribution in [0.4, 0.5) is 0 Å². The second-order valence-electron chi connectivity index (χ2n) is 16.0. The maximum atomic E-state index is 5.58. The van der Waals surface area contributed by atoms with Gasteiger partial charge in [-0.05, 0) is 113 Å². The SMILES string of the molecule is C1=CC(c2cc(-c3ccccc3)nc(C3=C(C45C=Cc6sc7ccccc7c6C4C5)CCC(c4ccc5sc6ccccc6c5c4)=C3)n2)CC=C1c1ccccc1. The molecule has 57 heavy (non-hydrogen) atoms. The molecule has 2 nitrogen and oxygen atoms in total. The minimum Gasteiger partial charge on any atom is -0.232 e. The number of allylic oxidation sites excluding steroid dienone is 9. The van der Waals surface area contributed by atoms with E-state index in [-0.39, 0.29) is 11.3 Å². The largest absolute Gasteiger partial charge is 0.232 e. The number of hydrogen-bond donors (Lipinski definition) is 0. The van der Waals surface area contributed by atoms with E-state index in [1.807, 2.05) is 22.7 Å². The first-order valence-corrected chi connectivity index (χ1v) is 21.8. The van der Waals surface area contributed by atoms with Crippen LogP contribution >= 0.6 is 22.7 Å². The summed E-state index contributed by atoms with van der Waals surface area (Å²) in [7, 11) is 0. The Labute approximate surface area is 340 Å². The van der Waals surface area contributed by atoms with Crippen molar-refractivity contribution in [3.8, 4) is 11.3 Å². The van der Waals surface area contributed by atoms with Gasteiger partial charge >= 0.3 is 0 Å². The molecule has 8 aromatic rings. The number of nitrogens with zero attached hydrogens (tertiary/aromatic N) is 2. The lowest BCUT2D eigenvalue weighted by atomic mass is 9.77. The first-order chi connectivity index (χ1) is 28.2. The summed E-state index contributed by atoms with van der Waals surface area (Å²) in [5, 5.41) is 4.11. The van der Waals surface area contributed by atoms with Crippen LogP contribution in [-0.4, -0.2) is 9.97 Å². The first kappa shape index (κ1) is 33.2. The molecule has 3 unspecified atom stereocenters. The summed E-state index contributed by atoms with van der Waals surface area (Å²) >= 11 is 3.82. The Hall–Kier alpha value is -5.94. The van der Waals surface area contributed by atoms with Gasteiger partial charge in [-0.15, -0.1) is 22.7 Å². The number of fused-ring (bicyclic) bond motifs is 8. The van der Waals surface area contributed by atoms with Crippen LogP contribution in [0.15, 0.2) is 169 Å². The van der Waals surface area contributed by atoms with Crippen molar-refractivity contribution in [3.63, 3.8) is 0 Å².